The second kappa shape index (κ2) is 5.87. The number of nitrogens with zero attached hydrogens (tertiary/aromatic N) is 1. The number of hydrogen-bond donors (Lipinski definition) is 2. The molecule has 0 heterocycles. The fraction of sp³-hybridized carbons (Fsp3) is 0.300. The fourth-order valence-electron chi connectivity index (χ4n) is 1.25. The molecule has 0 aliphatic rings. The monoisotopic (exact) mass is 322 g/mol. The lowest BCUT2D eigenvalue weighted by Crippen LogP contribution is -2.29. The molecule has 1 aromatic rings. The molecule has 8 nitrogen and oxygen atoms in total. The smallest absolute Gasteiger partial charge is 0.318 e. The van der Waals surface area contributed by atoms with E-state index in [1.54, 1.807) is 0 Å². The van der Waals surface area contributed by atoms with Gasteiger partial charge in [-0.05, 0) is 18.2 Å². The summed E-state index contributed by atoms with van der Waals surface area (Å²) in [6, 6.07) is 4.68. The third-order valence-electron chi connectivity index (χ3n) is 2.31. The van der Waals surface area contributed by atoms with Crippen molar-refractivity contribution in [3.63, 3.8) is 0 Å². The van der Waals surface area contributed by atoms with Gasteiger partial charge in [-0.25, -0.2) is 21.1 Å². The van der Waals surface area contributed by atoms with E-state index in [0.29, 0.717) is 0 Å². The normalized spacial score (nSPS) is 12.6. The molecule has 0 aliphatic heterocycles. The lowest BCUT2D eigenvalue weighted by atomic mass is 10.4. The van der Waals surface area contributed by atoms with Crippen LogP contribution in [-0.4, -0.2) is 52.9 Å². The molecule has 0 fully saturated rings. The topological polar surface area (TPSA) is 121 Å². The Hall–Kier alpha value is -1.49. The highest BCUT2D eigenvalue weighted by molar-refractivity contribution is 7.90. The largest absolute Gasteiger partial charge is 0.480 e. The SMILES string of the molecule is CN(C)S(=O)(=O)c1cccc(S(=O)(=O)NCC(=O)O)c1. The standard InChI is InChI=1S/C10H14N2O6S2/c1-12(2)20(17,18)9-5-3-4-8(6-9)19(15,16)11-7-10(13)14/h3-6,11H,7H2,1-2H3,(H,13,14). The first-order chi connectivity index (χ1) is 9.07. The van der Waals surface area contributed by atoms with Crippen LogP contribution in [0.25, 0.3) is 0 Å². The van der Waals surface area contributed by atoms with Gasteiger partial charge in [-0.15, -0.1) is 0 Å². The Labute approximate surface area is 117 Å². The maximum Gasteiger partial charge on any atom is 0.318 e. The summed E-state index contributed by atoms with van der Waals surface area (Å²) >= 11 is 0. The molecule has 0 aromatic heterocycles. The molecule has 0 saturated carbocycles. The van der Waals surface area contributed by atoms with Crippen LogP contribution in [0.1, 0.15) is 0 Å². The van der Waals surface area contributed by atoms with Crippen molar-refractivity contribution in [1.29, 1.82) is 0 Å². The van der Waals surface area contributed by atoms with Gasteiger partial charge in [0.15, 0.2) is 0 Å². The molecule has 0 radical (unpaired) electrons. The van der Waals surface area contributed by atoms with Crippen molar-refractivity contribution in [2.24, 2.45) is 0 Å². The van der Waals surface area contributed by atoms with Gasteiger partial charge in [0.1, 0.15) is 6.54 Å². The Kier molecular flexibility index (Phi) is 4.86. The summed E-state index contributed by atoms with van der Waals surface area (Å²) in [4.78, 5) is 9.85. The minimum atomic E-state index is -4.08. The van der Waals surface area contributed by atoms with E-state index in [0.717, 1.165) is 10.4 Å². The Morgan fingerprint density at radius 3 is 2.25 bits per heavy atom. The van der Waals surface area contributed by atoms with Crippen LogP contribution in [0.2, 0.25) is 0 Å². The van der Waals surface area contributed by atoms with Crippen molar-refractivity contribution >= 4 is 26.0 Å². The number of hydrogen-bond acceptors (Lipinski definition) is 5. The zero-order chi connectivity index (χ0) is 15.6. The van der Waals surface area contributed by atoms with E-state index >= 15 is 0 Å². The Balaban J connectivity index is 3.21. The zero-order valence-corrected chi connectivity index (χ0v) is 12.4. The van der Waals surface area contributed by atoms with E-state index in [9.17, 15) is 21.6 Å². The predicted molar refractivity (Wildman–Crippen MR) is 70.1 cm³/mol. The molecule has 0 amide bonds. The van der Waals surface area contributed by atoms with E-state index in [1.165, 1.54) is 32.3 Å². The second-order valence-corrected chi connectivity index (χ2v) is 7.90. The zero-order valence-electron chi connectivity index (χ0n) is 10.8. The number of benzene rings is 1. The number of rotatable bonds is 6. The Bertz CT molecular complexity index is 709. The highest BCUT2D eigenvalue weighted by Crippen LogP contribution is 2.17. The molecule has 0 saturated heterocycles. The van der Waals surface area contributed by atoms with Crippen LogP contribution in [0.4, 0.5) is 0 Å². The minimum absolute atomic E-state index is 0.194. The van der Waals surface area contributed by atoms with Crippen LogP contribution in [0.3, 0.4) is 0 Å². The maximum absolute atomic E-state index is 11.9. The van der Waals surface area contributed by atoms with Crippen LogP contribution >= 0.6 is 0 Å². The molecular formula is C10H14N2O6S2. The highest BCUT2D eigenvalue weighted by Gasteiger charge is 2.21. The second-order valence-electron chi connectivity index (χ2n) is 3.98. The molecule has 1 aromatic carbocycles. The lowest BCUT2D eigenvalue weighted by molar-refractivity contribution is -0.135. The molecule has 10 heteroatoms. The summed E-state index contributed by atoms with van der Waals surface area (Å²) in [6.45, 7) is -0.785. The Morgan fingerprint density at radius 2 is 1.75 bits per heavy atom. The van der Waals surface area contributed by atoms with Crippen molar-refractivity contribution in [1.82, 2.24) is 9.03 Å². The number of sulfonamides is 2. The van der Waals surface area contributed by atoms with Gasteiger partial charge in [-0.1, -0.05) is 6.07 Å². The van der Waals surface area contributed by atoms with Crippen LogP contribution in [0, 0.1) is 0 Å². The number of carbonyl (C=O) groups is 1. The first-order valence-corrected chi connectivity index (χ1v) is 8.24. The summed E-state index contributed by atoms with van der Waals surface area (Å²) in [7, 11) is -5.21. The maximum atomic E-state index is 11.9. The van der Waals surface area contributed by atoms with E-state index in [4.69, 9.17) is 5.11 Å². The number of carboxylic acids is 1. The molecule has 20 heavy (non-hydrogen) atoms. The number of carboxylic acid groups (broad SMARTS) is 1. The molecule has 0 spiro atoms. The fourth-order valence-corrected chi connectivity index (χ4v) is 3.30. The van der Waals surface area contributed by atoms with Gasteiger partial charge in [0.2, 0.25) is 20.0 Å². The van der Waals surface area contributed by atoms with Crippen molar-refractivity contribution < 1.29 is 26.7 Å². The van der Waals surface area contributed by atoms with Crippen molar-refractivity contribution in [2.45, 2.75) is 9.79 Å². The van der Waals surface area contributed by atoms with Gasteiger partial charge in [0.25, 0.3) is 0 Å². The van der Waals surface area contributed by atoms with Gasteiger partial charge in [-0.2, -0.15) is 4.72 Å². The number of nitrogens with one attached hydrogen (secondary N) is 1. The van der Waals surface area contributed by atoms with Crippen LogP contribution in [0.15, 0.2) is 34.1 Å². The van der Waals surface area contributed by atoms with Gasteiger partial charge < -0.3 is 5.11 Å². The quantitative estimate of drug-likeness (QED) is 0.714. The Morgan fingerprint density at radius 1 is 1.20 bits per heavy atom. The molecule has 0 unspecified atom stereocenters. The molecule has 0 aliphatic carbocycles. The average Bonchev–Trinajstić information content (AvgIpc) is 2.36. The van der Waals surface area contributed by atoms with Crippen molar-refractivity contribution in [3.05, 3.63) is 24.3 Å². The minimum Gasteiger partial charge on any atom is -0.480 e. The molecular weight excluding hydrogens is 308 g/mol. The predicted octanol–water partition coefficient (Wildman–Crippen LogP) is -0.700. The molecule has 0 bridgehead atoms. The van der Waals surface area contributed by atoms with Crippen LogP contribution in [-0.2, 0) is 24.8 Å². The van der Waals surface area contributed by atoms with Crippen molar-refractivity contribution in [2.75, 3.05) is 20.6 Å². The van der Waals surface area contributed by atoms with Gasteiger partial charge in [0.05, 0.1) is 9.79 Å². The summed E-state index contributed by atoms with van der Waals surface area (Å²) in [6.07, 6.45) is 0. The van der Waals surface area contributed by atoms with Crippen molar-refractivity contribution in [3.8, 4) is 0 Å². The molecule has 1 rings (SSSR count). The summed E-state index contributed by atoms with van der Waals surface area (Å²) in [5.41, 5.74) is 0. The summed E-state index contributed by atoms with van der Waals surface area (Å²) in [5, 5.41) is 8.45. The van der Waals surface area contributed by atoms with Gasteiger partial charge in [0, 0.05) is 14.1 Å². The molecule has 112 valence electrons. The third kappa shape index (κ3) is 3.76. The molecule has 0 atom stereocenters. The van der Waals surface area contributed by atoms with E-state index < -0.39 is 32.6 Å². The third-order valence-corrected chi connectivity index (χ3v) is 5.52. The highest BCUT2D eigenvalue weighted by atomic mass is 32.2. The van der Waals surface area contributed by atoms with Crippen LogP contribution in [0.5, 0.6) is 0 Å². The summed E-state index contributed by atoms with van der Waals surface area (Å²) < 4.78 is 50.2. The van der Waals surface area contributed by atoms with E-state index in [1.807, 2.05) is 4.72 Å². The van der Waals surface area contributed by atoms with E-state index in [2.05, 4.69) is 0 Å². The van der Waals surface area contributed by atoms with Gasteiger partial charge in [-0.3, -0.25) is 4.79 Å². The number of aliphatic carboxylic acids is 1. The van der Waals surface area contributed by atoms with Crippen LogP contribution < -0.4 is 4.72 Å². The van der Waals surface area contributed by atoms with Gasteiger partial charge >= 0.3 is 5.97 Å². The molecule has 2 N–H and O–H groups in total. The first-order valence-electron chi connectivity index (χ1n) is 5.31. The van der Waals surface area contributed by atoms with E-state index in [-0.39, 0.29) is 9.79 Å². The summed E-state index contributed by atoms with van der Waals surface area (Å²) in [5.74, 6) is -1.34. The average molecular weight is 322 g/mol. The lowest BCUT2D eigenvalue weighted by Gasteiger charge is -2.12. The first kappa shape index (κ1) is 16.6.